The third kappa shape index (κ3) is 2.73. The van der Waals surface area contributed by atoms with Gasteiger partial charge in [0, 0.05) is 26.4 Å². The summed E-state index contributed by atoms with van der Waals surface area (Å²) >= 11 is 0. The van der Waals surface area contributed by atoms with Crippen molar-refractivity contribution in [2.45, 2.75) is 6.54 Å². The number of aryl methyl sites for hydroxylation is 2. The Hall–Kier alpha value is -3.16. The number of nitrogens with zero attached hydrogens (tertiary/aromatic N) is 4. The van der Waals surface area contributed by atoms with Crippen molar-refractivity contribution in [3.05, 3.63) is 52.1 Å². The van der Waals surface area contributed by atoms with E-state index in [1.54, 1.807) is 41.5 Å². The van der Waals surface area contributed by atoms with Crippen LogP contribution in [0.1, 0.15) is 16.1 Å². The summed E-state index contributed by atoms with van der Waals surface area (Å²) in [6, 6.07) is 5.27. The molecule has 3 heterocycles. The van der Waals surface area contributed by atoms with Gasteiger partial charge in [-0.15, -0.1) is 0 Å². The van der Waals surface area contributed by atoms with Crippen LogP contribution >= 0.6 is 0 Å². The van der Waals surface area contributed by atoms with Gasteiger partial charge in [0.2, 0.25) is 11.3 Å². The lowest BCUT2D eigenvalue weighted by Crippen LogP contribution is -2.29. The monoisotopic (exact) mass is 327 g/mol. The van der Waals surface area contributed by atoms with Gasteiger partial charge in [-0.2, -0.15) is 5.10 Å². The van der Waals surface area contributed by atoms with Gasteiger partial charge in [0.05, 0.1) is 30.9 Å². The van der Waals surface area contributed by atoms with Gasteiger partial charge >= 0.3 is 0 Å². The molecule has 0 spiro atoms. The van der Waals surface area contributed by atoms with Gasteiger partial charge < -0.3 is 14.6 Å². The molecule has 0 saturated heterocycles. The van der Waals surface area contributed by atoms with Crippen molar-refractivity contribution in [1.29, 1.82) is 0 Å². The fourth-order valence-electron chi connectivity index (χ4n) is 2.57. The van der Waals surface area contributed by atoms with E-state index < -0.39 is 5.91 Å². The van der Waals surface area contributed by atoms with Gasteiger partial charge in [-0.3, -0.25) is 14.3 Å². The first-order chi connectivity index (χ1) is 11.5. The summed E-state index contributed by atoms with van der Waals surface area (Å²) in [6.45, 7) is 0.199. The number of carbonyl (C=O) groups excluding carboxylic acids is 1. The predicted octanol–water partition coefficient (Wildman–Crippen LogP) is 0.606. The fourth-order valence-corrected chi connectivity index (χ4v) is 2.57. The lowest BCUT2D eigenvalue weighted by atomic mass is 10.2. The molecule has 0 fully saturated rings. The lowest BCUT2D eigenvalue weighted by Gasteiger charge is -2.08. The number of aromatic nitrogens is 4. The van der Waals surface area contributed by atoms with E-state index >= 15 is 0 Å². The summed E-state index contributed by atoms with van der Waals surface area (Å²) in [5.74, 6) is 0.0143. The molecule has 0 radical (unpaired) electrons. The van der Waals surface area contributed by atoms with E-state index in [1.165, 1.54) is 19.5 Å². The highest BCUT2D eigenvalue weighted by molar-refractivity contribution is 5.96. The molecule has 3 aromatic rings. The average Bonchev–Trinajstić information content (AvgIpc) is 2.99. The first-order valence-corrected chi connectivity index (χ1v) is 7.30. The number of hydrogen-bond donors (Lipinski definition) is 1. The van der Waals surface area contributed by atoms with Crippen LogP contribution in [-0.4, -0.2) is 32.3 Å². The highest BCUT2D eigenvalue weighted by Gasteiger charge is 2.16. The summed E-state index contributed by atoms with van der Waals surface area (Å²) in [5, 5.41) is 7.19. The number of hydrogen-bond acceptors (Lipinski definition) is 5. The molecule has 0 atom stereocenters. The van der Waals surface area contributed by atoms with Crippen LogP contribution in [0.2, 0.25) is 0 Å². The van der Waals surface area contributed by atoms with E-state index in [0.717, 1.165) is 0 Å². The van der Waals surface area contributed by atoms with Crippen LogP contribution in [-0.2, 0) is 20.6 Å². The molecule has 8 nitrogen and oxygen atoms in total. The second kappa shape index (κ2) is 6.15. The molecular weight excluding hydrogens is 310 g/mol. The number of methoxy groups -OCH3 is 1. The fraction of sp³-hybridized carbons (Fsp3) is 0.250. The van der Waals surface area contributed by atoms with Gasteiger partial charge in [-0.05, 0) is 6.07 Å². The van der Waals surface area contributed by atoms with E-state index in [9.17, 15) is 9.59 Å². The molecule has 0 saturated carbocycles. The van der Waals surface area contributed by atoms with Crippen molar-refractivity contribution in [3.63, 3.8) is 0 Å². The van der Waals surface area contributed by atoms with Crippen LogP contribution in [0.4, 0.5) is 0 Å². The van der Waals surface area contributed by atoms with Crippen molar-refractivity contribution in [1.82, 2.24) is 24.6 Å². The summed E-state index contributed by atoms with van der Waals surface area (Å²) < 4.78 is 8.35. The molecule has 3 rings (SSSR count). The SMILES string of the molecule is COc1cccc(CNC(=O)c2cn(C)c3c(cnn3C)c2=O)n1. The minimum absolute atomic E-state index is 0.0703. The Kier molecular flexibility index (Phi) is 4.03. The molecule has 0 aliphatic heterocycles. The highest BCUT2D eigenvalue weighted by atomic mass is 16.5. The molecule has 0 aliphatic carbocycles. The number of rotatable bonds is 4. The highest BCUT2D eigenvalue weighted by Crippen LogP contribution is 2.10. The lowest BCUT2D eigenvalue weighted by molar-refractivity contribution is 0.0948. The number of carbonyl (C=O) groups is 1. The standard InChI is InChI=1S/C16H17N5O3/c1-20-9-12(14(22)11-8-18-21(2)16(11)20)15(23)17-7-10-5-4-6-13(19-10)24-3/h4-6,8-9H,7H2,1-3H3,(H,17,23). The Morgan fingerprint density at radius 2 is 2.12 bits per heavy atom. The molecule has 0 aliphatic rings. The van der Waals surface area contributed by atoms with Gasteiger partial charge in [0.15, 0.2) is 0 Å². The second-order valence-corrected chi connectivity index (χ2v) is 5.34. The van der Waals surface area contributed by atoms with Gasteiger partial charge in [0.25, 0.3) is 5.91 Å². The number of pyridine rings is 2. The van der Waals surface area contributed by atoms with E-state index in [1.807, 2.05) is 0 Å². The summed E-state index contributed by atoms with van der Waals surface area (Å²) in [5.41, 5.74) is 1.03. The van der Waals surface area contributed by atoms with E-state index in [-0.39, 0.29) is 17.5 Å². The van der Waals surface area contributed by atoms with Crippen molar-refractivity contribution in [3.8, 4) is 5.88 Å². The predicted molar refractivity (Wildman–Crippen MR) is 87.9 cm³/mol. The van der Waals surface area contributed by atoms with Gasteiger partial charge in [-0.25, -0.2) is 4.98 Å². The first kappa shape index (κ1) is 15.7. The Bertz CT molecular complexity index is 973. The topological polar surface area (TPSA) is 91.0 Å². The molecule has 1 amide bonds. The van der Waals surface area contributed by atoms with E-state index in [0.29, 0.717) is 22.6 Å². The maximum Gasteiger partial charge on any atom is 0.257 e. The zero-order chi connectivity index (χ0) is 17.3. The summed E-state index contributed by atoms with van der Waals surface area (Å²) in [4.78, 5) is 29.1. The van der Waals surface area contributed by atoms with Crippen molar-refractivity contribution in [2.75, 3.05) is 7.11 Å². The normalized spacial score (nSPS) is 10.8. The van der Waals surface area contributed by atoms with Crippen molar-refractivity contribution >= 4 is 16.9 Å². The van der Waals surface area contributed by atoms with Gasteiger partial charge in [0.1, 0.15) is 11.2 Å². The molecule has 0 unspecified atom stereocenters. The summed E-state index contributed by atoms with van der Waals surface area (Å²) in [6.07, 6.45) is 2.98. The number of ether oxygens (including phenoxy) is 1. The van der Waals surface area contributed by atoms with E-state index in [2.05, 4.69) is 15.4 Å². The zero-order valence-corrected chi connectivity index (χ0v) is 13.6. The quantitative estimate of drug-likeness (QED) is 0.758. The molecular formula is C16H17N5O3. The molecule has 0 aromatic carbocycles. The second-order valence-electron chi connectivity index (χ2n) is 5.34. The van der Waals surface area contributed by atoms with Crippen LogP contribution < -0.4 is 15.5 Å². The Balaban J connectivity index is 1.86. The molecule has 24 heavy (non-hydrogen) atoms. The number of amides is 1. The maximum atomic E-state index is 12.5. The van der Waals surface area contributed by atoms with Crippen molar-refractivity contribution in [2.24, 2.45) is 14.1 Å². The van der Waals surface area contributed by atoms with Crippen LogP contribution in [0.25, 0.3) is 11.0 Å². The van der Waals surface area contributed by atoms with Crippen LogP contribution in [0.5, 0.6) is 5.88 Å². The minimum atomic E-state index is -0.453. The number of fused-ring (bicyclic) bond motifs is 1. The third-order valence-electron chi connectivity index (χ3n) is 3.72. The van der Waals surface area contributed by atoms with Crippen LogP contribution in [0.3, 0.4) is 0 Å². The molecule has 3 aromatic heterocycles. The minimum Gasteiger partial charge on any atom is -0.481 e. The molecule has 1 N–H and O–H groups in total. The Labute approximate surface area is 137 Å². The smallest absolute Gasteiger partial charge is 0.257 e. The largest absolute Gasteiger partial charge is 0.481 e. The van der Waals surface area contributed by atoms with Crippen LogP contribution in [0, 0.1) is 0 Å². The van der Waals surface area contributed by atoms with Crippen LogP contribution in [0.15, 0.2) is 35.4 Å². The maximum absolute atomic E-state index is 12.5. The first-order valence-electron chi connectivity index (χ1n) is 7.30. The Morgan fingerprint density at radius 1 is 1.33 bits per heavy atom. The molecule has 8 heteroatoms. The van der Waals surface area contributed by atoms with Gasteiger partial charge in [-0.1, -0.05) is 6.07 Å². The molecule has 0 bridgehead atoms. The summed E-state index contributed by atoms with van der Waals surface area (Å²) in [7, 11) is 5.04. The number of nitrogens with one attached hydrogen (secondary N) is 1. The Morgan fingerprint density at radius 3 is 2.88 bits per heavy atom. The third-order valence-corrected chi connectivity index (χ3v) is 3.72. The van der Waals surface area contributed by atoms with E-state index in [4.69, 9.17) is 4.74 Å². The van der Waals surface area contributed by atoms with Crippen molar-refractivity contribution < 1.29 is 9.53 Å². The zero-order valence-electron chi connectivity index (χ0n) is 13.6. The average molecular weight is 327 g/mol. The molecule has 124 valence electrons.